The Balaban J connectivity index is 2.34. The monoisotopic (exact) mass is 279 g/mol. The second-order valence-corrected chi connectivity index (χ2v) is 4.58. The number of carbonyl (C=O) groups excluding carboxylic acids is 2. The Labute approximate surface area is 119 Å². The number of ether oxygens (including phenoxy) is 1. The zero-order chi connectivity index (χ0) is 15.0. The van der Waals surface area contributed by atoms with Crippen LogP contribution in [0, 0.1) is 0 Å². The molecule has 0 saturated heterocycles. The fourth-order valence-corrected chi connectivity index (χ4v) is 1.51. The van der Waals surface area contributed by atoms with E-state index in [1.165, 1.54) is 7.11 Å². The summed E-state index contributed by atoms with van der Waals surface area (Å²) in [6, 6.07) is 6.77. The first-order valence-corrected chi connectivity index (χ1v) is 6.36. The van der Waals surface area contributed by atoms with Crippen LogP contribution in [-0.4, -0.2) is 57.6 Å². The molecule has 20 heavy (non-hydrogen) atoms. The van der Waals surface area contributed by atoms with Crippen LogP contribution in [0.4, 0.5) is 5.69 Å². The van der Waals surface area contributed by atoms with Gasteiger partial charge in [-0.25, -0.2) is 4.79 Å². The summed E-state index contributed by atoms with van der Waals surface area (Å²) < 4.78 is 4.61. The van der Waals surface area contributed by atoms with Crippen molar-refractivity contribution in [2.24, 2.45) is 0 Å². The molecular weight excluding hydrogens is 258 g/mol. The Morgan fingerprint density at radius 3 is 2.40 bits per heavy atom. The molecule has 0 radical (unpaired) electrons. The van der Waals surface area contributed by atoms with Crippen molar-refractivity contribution in [3.8, 4) is 0 Å². The standard InChI is InChI=1S/C14H21N3O3/c1-17(2)9-8-15-13(18)10-16-12-6-4-11(5-7-12)14(19)20-3/h4-7,16H,8-10H2,1-3H3,(H,15,18). The highest BCUT2D eigenvalue weighted by Gasteiger charge is 2.05. The lowest BCUT2D eigenvalue weighted by molar-refractivity contribution is -0.119. The molecule has 1 aromatic rings. The van der Waals surface area contributed by atoms with Gasteiger partial charge < -0.3 is 20.3 Å². The highest BCUT2D eigenvalue weighted by molar-refractivity contribution is 5.89. The molecule has 6 nitrogen and oxygen atoms in total. The molecule has 0 bridgehead atoms. The fourth-order valence-electron chi connectivity index (χ4n) is 1.51. The molecule has 1 rings (SSSR count). The van der Waals surface area contributed by atoms with Crippen LogP contribution in [0.1, 0.15) is 10.4 Å². The first-order chi connectivity index (χ1) is 9.52. The van der Waals surface area contributed by atoms with Gasteiger partial charge in [0.25, 0.3) is 0 Å². The minimum absolute atomic E-state index is 0.0658. The Bertz CT molecular complexity index is 443. The lowest BCUT2D eigenvalue weighted by Gasteiger charge is -2.11. The summed E-state index contributed by atoms with van der Waals surface area (Å²) in [6.45, 7) is 1.62. The zero-order valence-corrected chi connectivity index (χ0v) is 12.1. The zero-order valence-electron chi connectivity index (χ0n) is 12.1. The van der Waals surface area contributed by atoms with Gasteiger partial charge in [-0.05, 0) is 38.4 Å². The molecular formula is C14H21N3O3. The van der Waals surface area contributed by atoms with E-state index in [2.05, 4.69) is 15.4 Å². The van der Waals surface area contributed by atoms with Gasteiger partial charge >= 0.3 is 5.97 Å². The molecule has 0 unspecified atom stereocenters. The van der Waals surface area contributed by atoms with E-state index in [1.807, 2.05) is 19.0 Å². The molecule has 0 atom stereocenters. The van der Waals surface area contributed by atoms with Gasteiger partial charge in [0.15, 0.2) is 0 Å². The SMILES string of the molecule is COC(=O)c1ccc(NCC(=O)NCCN(C)C)cc1. The average Bonchev–Trinajstić information content (AvgIpc) is 2.44. The normalized spacial score (nSPS) is 10.2. The number of rotatable bonds is 7. The summed E-state index contributed by atoms with van der Waals surface area (Å²) in [5.74, 6) is -0.443. The van der Waals surface area contributed by atoms with Crippen LogP contribution in [0.25, 0.3) is 0 Å². The Kier molecular flexibility index (Phi) is 6.52. The largest absolute Gasteiger partial charge is 0.465 e. The van der Waals surface area contributed by atoms with E-state index in [0.29, 0.717) is 12.1 Å². The lowest BCUT2D eigenvalue weighted by atomic mass is 10.2. The number of amides is 1. The topological polar surface area (TPSA) is 70.7 Å². The van der Waals surface area contributed by atoms with Crippen molar-refractivity contribution in [1.29, 1.82) is 0 Å². The molecule has 2 N–H and O–H groups in total. The molecule has 0 aromatic heterocycles. The molecule has 0 heterocycles. The van der Waals surface area contributed by atoms with E-state index >= 15 is 0 Å². The average molecular weight is 279 g/mol. The molecule has 0 aliphatic carbocycles. The van der Waals surface area contributed by atoms with Crippen molar-refractivity contribution in [3.05, 3.63) is 29.8 Å². The van der Waals surface area contributed by atoms with Gasteiger partial charge in [-0.1, -0.05) is 0 Å². The van der Waals surface area contributed by atoms with Crippen LogP contribution in [-0.2, 0) is 9.53 Å². The van der Waals surface area contributed by atoms with E-state index in [9.17, 15) is 9.59 Å². The van der Waals surface area contributed by atoms with Gasteiger partial charge in [-0.15, -0.1) is 0 Å². The summed E-state index contributed by atoms with van der Waals surface area (Å²) in [4.78, 5) is 24.8. The van der Waals surface area contributed by atoms with Crippen molar-refractivity contribution in [2.75, 3.05) is 46.2 Å². The molecule has 110 valence electrons. The lowest BCUT2D eigenvalue weighted by Crippen LogP contribution is -2.34. The van der Waals surface area contributed by atoms with Gasteiger partial charge in [0.1, 0.15) is 0 Å². The van der Waals surface area contributed by atoms with Gasteiger partial charge in [0.05, 0.1) is 19.2 Å². The van der Waals surface area contributed by atoms with Gasteiger partial charge in [0.2, 0.25) is 5.91 Å². The van der Waals surface area contributed by atoms with Crippen LogP contribution >= 0.6 is 0 Å². The van der Waals surface area contributed by atoms with Crippen LogP contribution in [0.5, 0.6) is 0 Å². The number of nitrogens with zero attached hydrogens (tertiary/aromatic N) is 1. The second kappa shape index (κ2) is 8.16. The third kappa shape index (κ3) is 5.71. The third-order valence-electron chi connectivity index (χ3n) is 2.64. The van der Waals surface area contributed by atoms with E-state index in [1.54, 1.807) is 24.3 Å². The predicted molar refractivity (Wildman–Crippen MR) is 77.8 cm³/mol. The number of benzene rings is 1. The predicted octanol–water partition coefficient (Wildman–Crippen LogP) is 0.563. The number of carbonyl (C=O) groups is 2. The molecule has 0 fully saturated rings. The quantitative estimate of drug-likeness (QED) is 0.714. The summed E-state index contributed by atoms with van der Waals surface area (Å²) >= 11 is 0. The highest BCUT2D eigenvalue weighted by Crippen LogP contribution is 2.09. The maximum atomic E-state index is 11.6. The van der Waals surface area contributed by atoms with Crippen molar-refractivity contribution < 1.29 is 14.3 Å². The number of hydrogen-bond acceptors (Lipinski definition) is 5. The minimum Gasteiger partial charge on any atom is -0.465 e. The van der Waals surface area contributed by atoms with Crippen molar-refractivity contribution in [3.63, 3.8) is 0 Å². The summed E-state index contributed by atoms with van der Waals surface area (Å²) in [6.07, 6.45) is 0. The Morgan fingerprint density at radius 1 is 1.20 bits per heavy atom. The Morgan fingerprint density at radius 2 is 1.85 bits per heavy atom. The van der Waals surface area contributed by atoms with E-state index in [-0.39, 0.29) is 18.4 Å². The number of anilines is 1. The van der Waals surface area contributed by atoms with Gasteiger partial charge in [0, 0.05) is 18.8 Å². The summed E-state index contributed by atoms with van der Waals surface area (Å²) in [5, 5.41) is 5.79. The van der Waals surface area contributed by atoms with E-state index < -0.39 is 0 Å². The highest BCUT2D eigenvalue weighted by atomic mass is 16.5. The maximum absolute atomic E-state index is 11.6. The van der Waals surface area contributed by atoms with Crippen molar-refractivity contribution in [1.82, 2.24) is 10.2 Å². The molecule has 0 aliphatic heterocycles. The van der Waals surface area contributed by atoms with Crippen molar-refractivity contribution >= 4 is 17.6 Å². The summed E-state index contributed by atoms with van der Waals surface area (Å²) in [5.41, 5.74) is 1.26. The molecule has 6 heteroatoms. The van der Waals surface area contributed by atoms with Crippen LogP contribution in [0.3, 0.4) is 0 Å². The van der Waals surface area contributed by atoms with E-state index in [4.69, 9.17) is 0 Å². The number of likely N-dealkylation sites (N-methyl/N-ethyl adjacent to an activating group) is 1. The first-order valence-electron chi connectivity index (χ1n) is 6.36. The van der Waals surface area contributed by atoms with Gasteiger partial charge in [-0.2, -0.15) is 0 Å². The number of hydrogen-bond donors (Lipinski definition) is 2. The van der Waals surface area contributed by atoms with E-state index in [0.717, 1.165) is 12.2 Å². The van der Waals surface area contributed by atoms with Crippen molar-refractivity contribution in [2.45, 2.75) is 0 Å². The number of methoxy groups -OCH3 is 1. The molecule has 1 amide bonds. The minimum atomic E-state index is -0.377. The Hall–Kier alpha value is -2.08. The first kappa shape index (κ1) is 16.0. The second-order valence-electron chi connectivity index (χ2n) is 4.58. The maximum Gasteiger partial charge on any atom is 0.337 e. The smallest absolute Gasteiger partial charge is 0.337 e. The third-order valence-corrected chi connectivity index (χ3v) is 2.64. The number of esters is 1. The summed E-state index contributed by atoms with van der Waals surface area (Å²) in [7, 11) is 5.24. The molecule has 0 aliphatic rings. The molecule has 0 saturated carbocycles. The van der Waals surface area contributed by atoms with Crippen LogP contribution in [0.15, 0.2) is 24.3 Å². The number of nitrogens with one attached hydrogen (secondary N) is 2. The fraction of sp³-hybridized carbons (Fsp3) is 0.429. The molecule has 1 aromatic carbocycles. The van der Waals surface area contributed by atoms with Crippen LogP contribution in [0.2, 0.25) is 0 Å². The van der Waals surface area contributed by atoms with Crippen LogP contribution < -0.4 is 10.6 Å². The molecule has 0 spiro atoms. The van der Waals surface area contributed by atoms with Gasteiger partial charge in [-0.3, -0.25) is 4.79 Å².